The molecule has 4 aromatic rings. The van der Waals surface area contributed by atoms with E-state index in [1.807, 2.05) is 74.7 Å². The van der Waals surface area contributed by atoms with E-state index in [0.29, 0.717) is 47.7 Å². The van der Waals surface area contributed by atoms with Crippen LogP contribution < -0.4 is 16.0 Å². The molecule has 1 unspecified atom stereocenters. The van der Waals surface area contributed by atoms with Gasteiger partial charge in [-0.2, -0.15) is 0 Å². The van der Waals surface area contributed by atoms with Gasteiger partial charge in [0.25, 0.3) is 11.8 Å². The van der Waals surface area contributed by atoms with Crippen molar-refractivity contribution < 1.29 is 24.2 Å². The summed E-state index contributed by atoms with van der Waals surface area (Å²) in [6.45, 7) is 12.8. The first-order valence-electron chi connectivity index (χ1n) is 19.1. The molecule has 5 atom stereocenters. The number of nitrogens with one attached hydrogen (secondary N) is 1. The summed E-state index contributed by atoms with van der Waals surface area (Å²) >= 11 is 0. The van der Waals surface area contributed by atoms with E-state index in [0.717, 1.165) is 24.1 Å². The number of aromatic nitrogens is 3. The Morgan fingerprint density at radius 2 is 1.80 bits per heavy atom. The average Bonchev–Trinajstić information content (AvgIpc) is 3.80. The Labute approximate surface area is 325 Å². The number of ether oxygens (including phenoxy) is 1. The second-order valence-electron chi connectivity index (χ2n) is 15.8. The number of carbonyl (C=O) groups is 2. The van der Waals surface area contributed by atoms with E-state index in [9.17, 15) is 19.5 Å². The predicted molar refractivity (Wildman–Crippen MR) is 219 cm³/mol. The highest BCUT2D eigenvalue weighted by Gasteiger charge is 2.66. The summed E-state index contributed by atoms with van der Waals surface area (Å²) < 4.78 is 8.82. The van der Waals surface area contributed by atoms with Crippen LogP contribution in [0.1, 0.15) is 80.1 Å². The zero-order valence-electron chi connectivity index (χ0n) is 32.7. The van der Waals surface area contributed by atoms with Gasteiger partial charge >= 0.3 is 0 Å². The summed E-state index contributed by atoms with van der Waals surface area (Å²) in [5, 5.41) is 22.0. The van der Waals surface area contributed by atoms with Crippen molar-refractivity contribution in [3.63, 3.8) is 0 Å². The van der Waals surface area contributed by atoms with Crippen molar-refractivity contribution in [1.29, 1.82) is 0 Å². The molecule has 0 saturated carbocycles. The summed E-state index contributed by atoms with van der Waals surface area (Å²) in [7, 11) is -2.94. The summed E-state index contributed by atoms with van der Waals surface area (Å²) in [5.74, 6) is -1.16. The molecule has 1 saturated heterocycles. The maximum atomic E-state index is 15.0. The summed E-state index contributed by atoms with van der Waals surface area (Å²) in [4.78, 5) is 41.9. The molecule has 2 amide bonds. The third kappa shape index (κ3) is 8.37. The molecule has 5 N–H and O–H groups in total. The smallest absolute Gasteiger partial charge is 0.264 e. The number of rotatable bonds is 14. The van der Waals surface area contributed by atoms with E-state index in [1.165, 1.54) is 11.1 Å². The van der Waals surface area contributed by atoms with Gasteiger partial charge < -0.3 is 30.6 Å². The lowest BCUT2D eigenvalue weighted by Gasteiger charge is -2.32. The minimum Gasteiger partial charge on any atom is -0.432 e. The molecule has 3 aromatic carbocycles. The van der Waals surface area contributed by atoms with Gasteiger partial charge in [0, 0.05) is 53.2 Å². The highest BCUT2D eigenvalue weighted by Crippen LogP contribution is 2.60. The molecule has 290 valence electrons. The van der Waals surface area contributed by atoms with Crippen molar-refractivity contribution in [2.24, 2.45) is 5.92 Å². The maximum Gasteiger partial charge on any atom is 0.264 e. The maximum absolute atomic E-state index is 15.0. The quantitative estimate of drug-likeness (QED) is 0.0599. The monoisotopic (exact) mass is 762 g/mol. The molecular weight excluding hydrogens is 709 g/mol. The number of fused-ring (bicyclic) bond motifs is 2. The largest absolute Gasteiger partial charge is 0.432 e. The van der Waals surface area contributed by atoms with E-state index >= 15 is 0 Å². The Morgan fingerprint density at radius 3 is 2.47 bits per heavy atom. The lowest BCUT2D eigenvalue weighted by Crippen LogP contribution is -2.46. The van der Waals surface area contributed by atoms with E-state index in [4.69, 9.17) is 10.5 Å². The highest BCUT2D eigenvalue weighted by atomic mass is 28.4. The number of anilines is 3. The molecule has 0 aliphatic carbocycles. The zero-order chi connectivity index (χ0) is 39.5. The van der Waals surface area contributed by atoms with Crippen LogP contribution in [0.3, 0.4) is 0 Å². The van der Waals surface area contributed by atoms with Crippen LogP contribution in [0.5, 0.6) is 0 Å². The average molecular weight is 763 g/mol. The molecule has 6 rings (SSSR count). The molecule has 3 heterocycles. The van der Waals surface area contributed by atoms with E-state index in [1.54, 1.807) is 33.8 Å². The number of aryl methyl sites for hydroxylation is 1. The van der Waals surface area contributed by atoms with Crippen LogP contribution in [0.15, 0.2) is 102 Å². The van der Waals surface area contributed by atoms with Gasteiger partial charge in [-0.05, 0) is 101 Å². The number of aliphatic hydroxyl groups excluding tert-OH is 1. The Hall–Kier alpha value is -4.88. The first-order chi connectivity index (χ1) is 26.2. The number of hydrogen-bond acceptors (Lipinski definition) is 8. The molecule has 55 heavy (non-hydrogen) atoms. The number of amides is 2. The minimum atomic E-state index is -2.94. The third-order valence-corrected chi connectivity index (χ3v) is 13.6. The topological polar surface area (TPSA) is 156 Å². The second kappa shape index (κ2) is 16.5. The van der Waals surface area contributed by atoms with Gasteiger partial charge in [-0.25, -0.2) is 0 Å². The second-order valence-corrected chi connectivity index (χ2v) is 19.8. The SMILES string of the molecule is CC(C)=CCC/C(C)=C/CN1C(=O)[C@]2(O[C@H](CCn3cc(C(CO)c4ccccc4)nn3)[C@@H]([Si](C)(C)O)[C@@H]2C)c2cc(NC(=O)c3ccc(N)cc3)ccc21. The van der Waals surface area contributed by atoms with Crippen molar-refractivity contribution in [2.45, 2.75) is 89.8 Å². The number of carbonyl (C=O) groups excluding carboxylic acids is 2. The number of hydrogen-bond donors (Lipinski definition) is 4. The van der Waals surface area contributed by atoms with Gasteiger partial charge in [-0.15, -0.1) is 5.10 Å². The van der Waals surface area contributed by atoms with Crippen molar-refractivity contribution in [3.05, 3.63) is 125 Å². The molecule has 1 fully saturated rings. The van der Waals surface area contributed by atoms with Gasteiger partial charge in [0.1, 0.15) is 0 Å². The fourth-order valence-corrected chi connectivity index (χ4v) is 10.9. The first kappa shape index (κ1) is 39.8. The zero-order valence-corrected chi connectivity index (χ0v) is 33.7. The lowest BCUT2D eigenvalue weighted by atomic mass is 9.82. The van der Waals surface area contributed by atoms with Gasteiger partial charge in [0.2, 0.25) is 0 Å². The summed E-state index contributed by atoms with van der Waals surface area (Å²) in [5.41, 5.74) is 11.2. The van der Waals surface area contributed by atoms with Crippen LogP contribution in [0.25, 0.3) is 0 Å². The first-order valence-corrected chi connectivity index (χ1v) is 22.1. The van der Waals surface area contributed by atoms with Gasteiger partial charge in [-0.1, -0.05) is 65.8 Å². The van der Waals surface area contributed by atoms with Crippen molar-refractivity contribution in [3.8, 4) is 0 Å². The van der Waals surface area contributed by atoms with Crippen LogP contribution in [-0.2, 0) is 21.7 Å². The molecule has 11 nitrogen and oxygen atoms in total. The fourth-order valence-electron chi connectivity index (χ4n) is 8.28. The van der Waals surface area contributed by atoms with Gasteiger partial charge in [0.05, 0.1) is 30.0 Å². The van der Waals surface area contributed by atoms with E-state index in [2.05, 4.69) is 48.6 Å². The van der Waals surface area contributed by atoms with Crippen LogP contribution in [0.2, 0.25) is 18.6 Å². The number of nitrogens with two attached hydrogens (primary N) is 1. The molecular formula is C43H54N6O5Si. The number of benzene rings is 3. The Kier molecular flexibility index (Phi) is 11.9. The standard InChI is InChI=1S/C43H54N6O5Si/c1-28(2)11-10-12-29(3)21-24-49-38-20-19-34(45-41(51)32-15-17-33(44)18-16-32)25-36(38)43(42(49)52)30(4)40(55(5,6)53)39(54-43)22-23-48-26-37(46-47-48)35(27-50)31-13-8-7-9-14-31/h7-9,11,13-21,25-26,30,35,39-40,50,53H,10,12,22-24,27,44H2,1-6H3,(H,45,51)/b29-21+/t30-,35?,39+,40-,43+/m0/s1. The van der Waals surface area contributed by atoms with Crippen molar-refractivity contribution in [2.75, 3.05) is 29.1 Å². The Balaban J connectivity index is 1.32. The fraction of sp³-hybridized carbons (Fsp3) is 0.395. The lowest BCUT2D eigenvalue weighted by molar-refractivity contribution is -0.145. The number of nitrogens with zero attached hydrogens (tertiary/aromatic N) is 4. The molecule has 1 aromatic heterocycles. The van der Waals surface area contributed by atoms with Crippen LogP contribution in [0.4, 0.5) is 17.1 Å². The molecule has 0 radical (unpaired) electrons. The van der Waals surface area contributed by atoms with Gasteiger partial charge in [-0.3, -0.25) is 14.3 Å². The third-order valence-electron chi connectivity index (χ3n) is 11.1. The molecule has 12 heteroatoms. The van der Waals surface area contributed by atoms with Crippen molar-refractivity contribution in [1.82, 2.24) is 15.0 Å². The molecule has 0 bridgehead atoms. The normalized spacial score (nSPS) is 21.5. The van der Waals surface area contributed by atoms with Crippen molar-refractivity contribution >= 4 is 37.2 Å². The summed E-state index contributed by atoms with van der Waals surface area (Å²) in [6, 6.07) is 22.0. The van der Waals surface area contributed by atoms with Crippen LogP contribution in [0, 0.1) is 5.92 Å². The number of allylic oxidation sites excluding steroid dienone is 3. The Bertz CT molecular complexity index is 2050. The Morgan fingerprint density at radius 1 is 1.07 bits per heavy atom. The number of nitrogen functional groups attached to an aromatic ring is 1. The molecule has 1 spiro atoms. The summed E-state index contributed by atoms with van der Waals surface area (Å²) in [6.07, 6.45) is 7.99. The van der Waals surface area contributed by atoms with Crippen LogP contribution in [-0.4, -0.2) is 64.3 Å². The predicted octanol–water partition coefficient (Wildman–Crippen LogP) is 7.16. The van der Waals surface area contributed by atoms with Gasteiger partial charge in [0.15, 0.2) is 13.9 Å². The van der Waals surface area contributed by atoms with E-state index < -0.39 is 20.0 Å². The van der Waals surface area contributed by atoms with Crippen LogP contribution >= 0.6 is 0 Å². The molecule has 2 aliphatic heterocycles. The highest BCUT2D eigenvalue weighted by molar-refractivity contribution is 6.71. The minimum absolute atomic E-state index is 0.106. The van der Waals surface area contributed by atoms with E-state index in [-0.39, 0.29) is 35.8 Å². The molecule has 2 aliphatic rings. The number of aliphatic hydroxyl groups is 1.